The van der Waals surface area contributed by atoms with E-state index in [1.165, 1.54) is 6.26 Å². The van der Waals surface area contributed by atoms with Crippen LogP contribution >= 0.6 is 0 Å². The van der Waals surface area contributed by atoms with Crippen molar-refractivity contribution in [2.45, 2.75) is 6.92 Å². The summed E-state index contributed by atoms with van der Waals surface area (Å²) in [6.45, 7) is 1.84. The number of aryl methyl sites for hydroxylation is 1. The SMILES string of the molecule is Cc1nocc1Nc1cccc(-c2nn[nH]n2)n1. The lowest BCUT2D eigenvalue weighted by Crippen LogP contribution is -1.95. The molecule has 0 aromatic carbocycles. The number of tetrazole rings is 1. The quantitative estimate of drug-likeness (QED) is 0.714. The highest BCUT2D eigenvalue weighted by atomic mass is 16.5. The van der Waals surface area contributed by atoms with E-state index in [-0.39, 0.29) is 0 Å². The van der Waals surface area contributed by atoms with Gasteiger partial charge in [-0.2, -0.15) is 5.21 Å². The molecule has 3 aromatic heterocycles. The summed E-state index contributed by atoms with van der Waals surface area (Å²) in [5, 5.41) is 20.5. The zero-order valence-corrected chi connectivity index (χ0v) is 9.45. The van der Waals surface area contributed by atoms with E-state index in [0.717, 1.165) is 11.4 Å². The zero-order chi connectivity index (χ0) is 12.4. The van der Waals surface area contributed by atoms with Crippen molar-refractivity contribution in [2.24, 2.45) is 0 Å². The molecule has 8 nitrogen and oxygen atoms in total. The first-order valence-electron chi connectivity index (χ1n) is 5.22. The molecule has 3 heterocycles. The van der Waals surface area contributed by atoms with Crippen LogP contribution in [0.2, 0.25) is 0 Å². The second-order valence-corrected chi connectivity index (χ2v) is 3.58. The highest BCUT2D eigenvalue weighted by Crippen LogP contribution is 2.19. The topological polar surface area (TPSA) is 105 Å². The van der Waals surface area contributed by atoms with Gasteiger partial charge in [0.15, 0.2) is 0 Å². The molecular weight excluding hydrogens is 234 g/mol. The van der Waals surface area contributed by atoms with Crippen LogP contribution in [0.25, 0.3) is 11.5 Å². The molecular formula is C10H9N7O. The first-order chi connectivity index (χ1) is 8.83. The largest absolute Gasteiger partial charge is 0.362 e. The molecule has 0 atom stereocenters. The van der Waals surface area contributed by atoms with Gasteiger partial charge < -0.3 is 9.84 Å². The van der Waals surface area contributed by atoms with Gasteiger partial charge in [-0.15, -0.1) is 10.2 Å². The average Bonchev–Trinajstić information content (AvgIpc) is 3.02. The second-order valence-electron chi connectivity index (χ2n) is 3.58. The maximum Gasteiger partial charge on any atom is 0.223 e. The molecule has 8 heteroatoms. The summed E-state index contributed by atoms with van der Waals surface area (Å²) in [6, 6.07) is 5.48. The van der Waals surface area contributed by atoms with Crippen molar-refractivity contribution in [3.63, 3.8) is 0 Å². The van der Waals surface area contributed by atoms with Gasteiger partial charge in [-0.25, -0.2) is 4.98 Å². The number of rotatable bonds is 3. The van der Waals surface area contributed by atoms with E-state index in [1.807, 2.05) is 19.1 Å². The molecule has 3 aromatic rings. The summed E-state index contributed by atoms with van der Waals surface area (Å²) in [4.78, 5) is 4.37. The number of pyridine rings is 1. The molecule has 0 saturated heterocycles. The minimum atomic E-state index is 0.445. The Morgan fingerprint density at radius 1 is 1.33 bits per heavy atom. The van der Waals surface area contributed by atoms with E-state index in [2.05, 4.69) is 36.1 Å². The number of hydrogen-bond donors (Lipinski definition) is 2. The van der Waals surface area contributed by atoms with Crippen LogP contribution in [0.3, 0.4) is 0 Å². The molecule has 18 heavy (non-hydrogen) atoms. The molecule has 0 aliphatic heterocycles. The predicted octanol–water partition coefficient (Wildman–Crippen LogP) is 1.30. The van der Waals surface area contributed by atoms with Crippen LogP contribution in [0.4, 0.5) is 11.5 Å². The van der Waals surface area contributed by atoms with Crippen LogP contribution in [0.1, 0.15) is 5.69 Å². The van der Waals surface area contributed by atoms with Crippen molar-refractivity contribution in [1.29, 1.82) is 0 Å². The molecule has 3 rings (SSSR count). The van der Waals surface area contributed by atoms with Gasteiger partial charge >= 0.3 is 0 Å². The van der Waals surface area contributed by atoms with Gasteiger partial charge in [-0.3, -0.25) is 0 Å². The van der Waals surface area contributed by atoms with Crippen molar-refractivity contribution >= 4 is 11.5 Å². The lowest BCUT2D eigenvalue weighted by molar-refractivity contribution is 0.415. The minimum absolute atomic E-state index is 0.445. The number of H-pyrrole nitrogens is 1. The number of anilines is 2. The lowest BCUT2D eigenvalue weighted by atomic mass is 10.3. The van der Waals surface area contributed by atoms with Crippen molar-refractivity contribution < 1.29 is 4.52 Å². The summed E-state index contributed by atoms with van der Waals surface area (Å²) in [6.07, 6.45) is 1.53. The summed E-state index contributed by atoms with van der Waals surface area (Å²) < 4.78 is 4.84. The van der Waals surface area contributed by atoms with Crippen LogP contribution in [-0.4, -0.2) is 30.8 Å². The second kappa shape index (κ2) is 4.24. The van der Waals surface area contributed by atoms with Crippen molar-refractivity contribution in [2.75, 3.05) is 5.32 Å². The standard InChI is InChI=1S/C10H9N7O/c1-6-8(5-18-15-6)12-9-4-2-3-7(11-9)10-13-16-17-14-10/h2-5H,1H3,(H,11,12)(H,13,14,16,17). The molecule has 0 aliphatic rings. The van der Waals surface area contributed by atoms with Crippen molar-refractivity contribution in [1.82, 2.24) is 30.8 Å². The zero-order valence-electron chi connectivity index (χ0n) is 9.45. The molecule has 0 radical (unpaired) electrons. The first-order valence-corrected chi connectivity index (χ1v) is 5.22. The maximum absolute atomic E-state index is 4.84. The van der Waals surface area contributed by atoms with Crippen molar-refractivity contribution in [3.8, 4) is 11.5 Å². The maximum atomic E-state index is 4.84. The molecule has 0 aliphatic carbocycles. The number of aromatic amines is 1. The van der Waals surface area contributed by atoms with Gasteiger partial charge in [0.1, 0.15) is 29.2 Å². The summed E-state index contributed by atoms with van der Waals surface area (Å²) in [5.74, 6) is 1.10. The van der Waals surface area contributed by atoms with E-state index in [1.54, 1.807) is 6.07 Å². The Labute approximate surface area is 101 Å². The fourth-order valence-electron chi connectivity index (χ4n) is 1.45. The summed E-state index contributed by atoms with van der Waals surface area (Å²) in [5.41, 5.74) is 2.16. The Morgan fingerprint density at radius 3 is 3.00 bits per heavy atom. The summed E-state index contributed by atoms with van der Waals surface area (Å²) >= 11 is 0. The van der Waals surface area contributed by atoms with Gasteiger partial charge in [0, 0.05) is 0 Å². The highest BCUT2D eigenvalue weighted by molar-refractivity contribution is 5.60. The third-order valence-corrected chi connectivity index (χ3v) is 2.34. The fraction of sp³-hybridized carbons (Fsp3) is 0.100. The minimum Gasteiger partial charge on any atom is -0.362 e. The van der Waals surface area contributed by atoms with Crippen LogP contribution < -0.4 is 5.32 Å². The number of nitrogens with one attached hydrogen (secondary N) is 2. The monoisotopic (exact) mass is 243 g/mol. The smallest absolute Gasteiger partial charge is 0.223 e. The third kappa shape index (κ3) is 1.90. The molecule has 2 N–H and O–H groups in total. The Hall–Kier alpha value is -2.77. The van der Waals surface area contributed by atoms with Gasteiger partial charge in [0.05, 0.1) is 0 Å². The average molecular weight is 243 g/mol. The Balaban J connectivity index is 1.90. The molecule has 0 saturated carbocycles. The van der Waals surface area contributed by atoms with Crippen LogP contribution in [0.15, 0.2) is 29.0 Å². The van der Waals surface area contributed by atoms with Gasteiger partial charge in [0.25, 0.3) is 0 Å². The molecule has 0 spiro atoms. The van der Waals surface area contributed by atoms with Gasteiger partial charge in [-0.05, 0) is 24.3 Å². The molecule has 0 amide bonds. The molecule has 0 unspecified atom stereocenters. The van der Waals surface area contributed by atoms with Crippen molar-refractivity contribution in [3.05, 3.63) is 30.2 Å². The molecule has 0 fully saturated rings. The summed E-state index contributed by atoms with van der Waals surface area (Å²) in [7, 11) is 0. The van der Waals surface area contributed by atoms with E-state index >= 15 is 0 Å². The Bertz CT molecular complexity index is 646. The Kier molecular flexibility index (Phi) is 2.45. The third-order valence-electron chi connectivity index (χ3n) is 2.34. The van der Waals surface area contributed by atoms with Crippen LogP contribution in [-0.2, 0) is 0 Å². The van der Waals surface area contributed by atoms with E-state index in [9.17, 15) is 0 Å². The van der Waals surface area contributed by atoms with E-state index in [0.29, 0.717) is 17.3 Å². The first kappa shape index (κ1) is 10.4. The number of nitrogens with zero attached hydrogens (tertiary/aromatic N) is 5. The fourth-order valence-corrected chi connectivity index (χ4v) is 1.45. The lowest BCUT2D eigenvalue weighted by Gasteiger charge is -2.03. The van der Waals surface area contributed by atoms with E-state index in [4.69, 9.17) is 4.52 Å². The number of aromatic nitrogens is 6. The van der Waals surface area contributed by atoms with Crippen LogP contribution in [0, 0.1) is 6.92 Å². The predicted molar refractivity (Wildman–Crippen MR) is 61.9 cm³/mol. The van der Waals surface area contributed by atoms with Gasteiger partial charge in [-0.1, -0.05) is 11.2 Å². The number of hydrogen-bond acceptors (Lipinski definition) is 7. The molecule has 0 bridgehead atoms. The van der Waals surface area contributed by atoms with Crippen LogP contribution in [0.5, 0.6) is 0 Å². The Morgan fingerprint density at radius 2 is 2.28 bits per heavy atom. The van der Waals surface area contributed by atoms with E-state index < -0.39 is 0 Å². The normalized spacial score (nSPS) is 10.5. The molecule has 90 valence electrons. The highest BCUT2D eigenvalue weighted by Gasteiger charge is 2.07. The van der Waals surface area contributed by atoms with Gasteiger partial charge in [0.2, 0.25) is 5.82 Å².